The van der Waals surface area contributed by atoms with Gasteiger partial charge in [0.25, 0.3) is 5.95 Å². The van der Waals surface area contributed by atoms with Crippen LogP contribution in [0.4, 0.5) is 5.95 Å². The summed E-state index contributed by atoms with van der Waals surface area (Å²) < 4.78 is 0. The Morgan fingerprint density at radius 3 is 2.60 bits per heavy atom. The van der Waals surface area contributed by atoms with Gasteiger partial charge >= 0.3 is 0 Å². The van der Waals surface area contributed by atoms with Gasteiger partial charge in [-0.15, -0.1) is 5.10 Å². The third-order valence-corrected chi connectivity index (χ3v) is 3.84. The lowest BCUT2D eigenvalue weighted by atomic mass is 10.3. The van der Waals surface area contributed by atoms with E-state index in [1.165, 1.54) is 0 Å². The van der Waals surface area contributed by atoms with Crippen LogP contribution in [0.1, 0.15) is 18.4 Å². The number of aromatic amines is 1. The molecule has 1 aliphatic rings. The second kappa shape index (κ2) is 7.85. The van der Waals surface area contributed by atoms with Crippen molar-refractivity contribution in [3.8, 4) is 11.4 Å². The van der Waals surface area contributed by atoms with Crippen molar-refractivity contribution in [3.63, 3.8) is 0 Å². The van der Waals surface area contributed by atoms with Gasteiger partial charge in [-0.1, -0.05) is 17.7 Å². The van der Waals surface area contributed by atoms with Crippen LogP contribution < -0.4 is 4.90 Å². The molecule has 3 aromatic rings. The fourth-order valence-electron chi connectivity index (χ4n) is 2.32. The van der Waals surface area contributed by atoms with Crippen molar-refractivity contribution in [1.82, 2.24) is 25.1 Å². The summed E-state index contributed by atoms with van der Waals surface area (Å²) in [7, 11) is 0. The predicted molar refractivity (Wildman–Crippen MR) is 95.2 cm³/mol. The van der Waals surface area contributed by atoms with Crippen LogP contribution in [0, 0.1) is 6.92 Å². The Kier molecular flexibility index (Phi) is 5.35. The van der Waals surface area contributed by atoms with E-state index in [4.69, 9.17) is 11.6 Å². The van der Waals surface area contributed by atoms with Gasteiger partial charge in [0.1, 0.15) is 5.15 Å². The Labute approximate surface area is 150 Å². The first-order chi connectivity index (χ1) is 12.1. The largest absolute Gasteiger partial charge is 0.279 e. The van der Waals surface area contributed by atoms with E-state index in [1.807, 2.05) is 25.1 Å². The van der Waals surface area contributed by atoms with Gasteiger partial charge in [-0.05, 0) is 37.1 Å². The molecular formula is C17H17ClN6O. The van der Waals surface area contributed by atoms with Crippen LogP contribution in [0.2, 0.25) is 5.15 Å². The first-order valence-electron chi connectivity index (χ1n) is 7.85. The monoisotopic (exact) mass is 356 g/mol. The maximum absolute atomic E-state index is 11.5. The van der Waals surface area contributed by atoms with Crippen molar-refractivity contribution in [3.05, 3.63) is 53.6 Å². The molecule has 0 radical (unpaired) electrons. The molecule has 1 saturated heterocycles. The molecule has 1 N–H and O–H groups in total. The zero-order valence-electron chi connectivity index (χ0n) is 13.7. The number of aryl methyl sites for hydroxylation is 1. The molecule has 25 heavy (non-hydrogen) atoms. The van der Waals surface area contributed by atoms with Crippen molar-refractivity contribution >= 4 is 23.5 Å². The highest BCUT2D eigenvalue weighted by molar-refractivity contribution is 6.29. The van der Waals surface area contributed by atoms with Crippen LogP contribution in [-0.4, -0.2) is 37.6 Å². The number of H-pyrrole nitrogens is 1. The highest BCUT2D eigenvalue weighted by Crippen LogP contribution is 2.20. The van der Waals surface area contributed by atoms with Crippen LogP contribution in [-0.2, 0) is 4.79 Å². The molecule has 0 unspecified atom stereocenters. The lowest BCUT2D eigenvalue weighted by molar-refractivity contribution is -0.117. The van der Waals surface area contributed by atoms with Crippen molar-refractivity contribution in [2.75, 3.05) is 11.4 Å². The van der Waals surface area contributed by atoms with Crippen molar-refractivity contribution < 1.29 is 4.79 Å². The molecule has 1 fully saturated rings. The molecule has 4 heterocycles. The lowest BCUT2D eigenvalue weighted by Gasteiger charge is -2.08. The number of nitrogens with zero attached hydrogens (tertiary/aromatic N) is 5. The zero-order valence-corrected chi connectivity index (χ0v) is 14.4. The quantitative estimate of drug-likeness (QED) is 0.713. The number of nitrogens with one attached hydrogen (secondary N) is 1. The van der Waals surface area contributed by atoms with Gasteiger partial charge in [-0.25, -0.2) is 4.98 Å². The summed E-state index contributed by atoms with van der Waals surface area (Å²) in [5, 5.41) is 7.46. The van der Waals surface area contributed by atoms with Crippen LogP contribution in [0.15, 0.2) is 42.9 Å². The van der Waals surface area contributed by atoms with Crippen LogP contribution in [0.25, 0.3) is 11.4 Å². The lowest BCUT2D eigenvalue weighted by Crippen LogP contribution is -2.24. The summed E-state index contributed by atoms with van der Waals surface area (Å²) in [5.74, 6) is 1.20. The van der Waals surface area contributed by atoms with Crippen molar-refractivity contribution in [2.45, 2.75) is 19.8 Å². The maximum Gasteiger partial charge on any atom is 0.251 e. The molecule has 0 spiro atoms. The third kappa shape index (κ3) is 4.39. The van der Waals surface area contributed by atoms with Gasteiger partial charge in [0.05, 0.1) is 0 Å². The number of halogens is 1. The first kappa shape index (κ1) is 17.0. The Morgan fingerprint density at radius 2 is 2.00 bits per heavy atom. The summed E-state index contributed by atoms with van der Waals surface area (Å²) in [6.45, 7) is 2.68. The van der Waals surface area contributed by atoms with E-state index in [1.54, 1.807) is 29.6 Å². The van der Waals surface area contributed by atoms with E-state index in [0.29, 0.717) is 29.9 Å². The van der Waals surface area contributed by atoms with Gasteiger partial charge in [-0.2, -0.15) is 4.98 Å². The average molecular weight is 357 g/mol. The minimum absolute atomic E-state index is 0.0882. The molecule has 0 saturated carbocycles. The van der Waals surface area contributed by atoms with Crippen LogP contribution in [0.5, 0.6) is 0 Å². The van der Waals surface area contributed by atoms with E-state index >= 15 is 0 Å². The van der Waals surface area contributed by atoms with E-state index in [2.05, 4.69) is 25.1 Å². The van der Waals surface area contributed by atoms with Gasteiger partial charge in [-0.3, -0.25) is 19.8 Å². The van der Waals surface area contributed by atoms with Crippen LogP contribution >= 0.6 is 11.6 Å². The fourth-order valence-corrected chi connectivity index (χ4v) is 2.43. The average Bonchev–Trinajstić information content (AvgIpc) is 3.28. The topological polar surface area (TPSA) is 87.7 Å². The Bertz CT molecular complexity index is 813. The van der Waals surface area contributed by atoms with Crippen molar-refractivity contribution in [1.29, 1.82) is 0 Å². The summed E-state index contributed by atoms with van der Waals surface area (Å²) >= 11 is 5.50. The molecule has 1 aliphatic heterocycles. The number of pyridine rings is 2. The van der Waals surface area contributed by atoms with Gasteiger partial charge < -0.3 is 0 Å². The minimum Gasteiger partial charge on any atom is -0.279 e. The molecule has 1 amide bonds. The molecule has 128 valence electrons. The standard InChI is InChI=1S/C11H11N5O.C6H6ClN/c17-9-2-1-7-16(9)11-13-10(14-15-11)8-3-5-12-6-4-8;1-5-2-3-6(7)8-4-5/h3-6H,1-2,7H2,(H,13,14,15);2-4H,1H3. The molecule has 7 nitrogen and oxygen atoms in total. The number of carbonyl (C=O) groups excluding carboxylic acids is 1. The summed E-state index contributed by atoms with van der Waals surface area (Å²) in [5.41, 5.74) is 2.04. The smallest absolute Gasteiger partial charge is 0.251 e. The van der Waals surface area contributed by atoms with Crippen LogP contribution in [0.3, 0.4) is 0 Å². The maximum atomic E-state index is 11.5. The molecule has 4 rings (SSSR count). The van der Waals surface area contributed by atoms with E-state index < -0.39 is 0 Å². The summed E-state index contributed by atoms with van der Waals surface area (Å²) in [6.07, 6.45) is 6.58. The van der Waals surface area contributed by atoms with Crippen molar-refractivity contribution in [2.24, 2.45) is 0 Å². The number of anilines is 1. The van der Waals surface area contributed by atoms with Gasteiger partial charge in [0.15, 0.2) is 5.82 Å². The number of hydrogen-bond donors (Lipinski definition) is 1. The third-order valence-electron chi connectivity index (χ3n) is 3.62. The summed E-state index contributed by atoms with van der Waals surface area (Å²) in [6, 6.07) is 7.39. The Morgan fingerprint density at radius 1 is 1.20 bits per heavy atom. The molecule has 0 aliphatic carbocycles. The number of rotatable bonds is 2. The Hall–Kier alpha value is -2.80. The molecule has 0 bridgehead atoms. The molecular weight excluding hydrogens is 340 g/mol. The Balaban J connectivity index is 0.000000192. The first-order valence-corrected chi connectivity index (χ1v) is 8.22. The highest BCUT2D eigenvalue weighted by atomic mass is 35.5. The molecule has 0 atom stereocenters. The summed E-state index contributed by atoms with van der Waals surface area (Å²) in [4.78, 5) is 25.3. The molecule has 3 aromatic heterocycles. The number of carbonyl (C=O) groups is 1. The van der Waals surface area contributed by atoms with E-state index in [-0.39, 0.29) is 5.91 Å². The van der Waals surface area contributed by atoms with Gasteiger partial charge in [0.2, 0.25) is 5.91 Å². The second-order valence-electron chi connectivity index (χ2n) is 5.53. The molecule has 8 heteroatoms. The second-order valence-corrected chi connectivity index (χ2v) is 5.91. The normalized spacial score (nSPS) is 13.5. The zero-order chi connectivity index (χ0) is 17.6. The highest BCUT2D eigenvalue weighted by Gasteiger charge is 2.25. The number of amides is 1. The predicted octanol–water partition coefficient (Wildman–Crippen LogP) is 3.04. The molecule has 0 aromatic carbocycles. The number of aromatic nitrogens is 5. The number of hydrogen-bond acceptors (Lipinski definition) is 5. The minimum atomic E-state index is 0.0882. The van der Waals surface area contributed by atoms with Gasteiger partial charge in [0, 0.05) is 37.1 Å². The SMILES string of the molecule is Cc1ccc(Cl)nc1.O=C1CCCN1c1n[nH]c(-c2ccncc2)n1. The van der Waals surface area contributed by atoms with E-state index in [9.17, 15) is 4.79 Å². The van der Waals surface area contributed by atoms with E-state index in [0.717, 1.165) is 17.5 Å². The fraction of sp³-hybridized carbons (Fsp3) is 0.235.